The summed E-state index contributed by atoms with van der Waals surface area (Å²) in [6.45, 7) is 0.681. The van der Waals surface area contributed by atoms with Gasteiger partial charge in [-0.1, -0.05) is 22.0 Å². The summed E-state index contributed by atoms with van der Waals surface area (Å²) in [6, 6.07) is 7.80. The van der Waals surface area contributed by atoms with E-state index >= 15 is 0 Å². The SMILES string of the molecule is O=c1[nH]nc(CSCCCOc2cccc(Br)c2)[nH]1. The van der Waals surface area contributed by atoms with Crippen LogP contribution < -0.4 is 10.4 Å². The maximum atomic E-state index is 10.8. The van der Waals surface area contributed by atoms with E-state index in [2.05, 4.69) is 31.1 Å². The standard InChI is InChI=1S/C12H14BrN3O2S/c13-9-3-1-4-10(7-9)18-5-2-6-19-8-11-14-12(17)16-15-11/h1,3-4,7H,2,5-6,8H2,(H2,14,15,16,17). The second-order valence-corrected chi connectivity index (χ2v) is 5.86. The van der Waals surface area contributed by atoms with Crippen molar-refractivity contribution in [3.8, 4) is 5.75 Å². The van der Waals surface area contributed by atoms with Crippen molar-refractivity contribution in [1.82, 2.24) is 15.2 Å². The summed E-state index contributed by atoms with van der Waals surface area (Å²) in [6.07, 6.45) is 0.950. The highest BCUT2D eigenvalue weighted by atomic mass is 79.9. The molecule has 0 saturated carbocycles. The summed E-state index contributed by atoms with van der Waals surface area (Å²) in [7, 11) is 0. The molecule has 2 N–H and O–H groups in total. The predicted molar refractivity (Wildman–Crippen MR) is 79.6 cm³/mol. The van der Waals surface area contributed by atoms with Crippen LogP contribution in [0.2, 0.25) is 0 Å². The molecule has 0 unspecified atom stereocenters. The molecule has 0 aliphatic heterocycles. The molecule has 0 atom stereocenters. The summed E-state index contributed by atoms with van der Waals surface area (Å²) in [5.41, 5.74) is -0.256. The summed E-state index contributed by atoms with van der Waals surface area (Å²) < 4.78 is 6.64. The number of H-pyrrole nitrogens is 2. The van der Waals surface area contributed by atoms with Gasteiger partial charge < -0.3 is 4.74 Å². The maximum Gasteiger partial charge on any atom is 0.340 e. The Hall–Kier alpha value is -1.21. The van der Waals surface area contributed by atoms with Gasteiger partial charge in [0.2, 0.25) is 0 Å². The van der Waals surface area contributed by atoms with Crippen molar-refractivity contribution in [1.29, 1.82) is 0 Å². The van der Waals surface area contributed by atoms with Crippen LogP contribution in [0.4, 0.5) is 0 Å². The lowest BCUT2D eigenvalue weighted by molar-refractivity contribution is 0.318. The molecular weight excluding hydrogens is 330 g/mol. The minimum absolute atomic E-state index is 0.256. The number of hydrogen-bond acceptors (Lipinski definition) is 4. The Morgan fingerprint density at radius 3 is 3.05 bits per heavy atom. The van der Waals surface area contributed by atoms with Crippen molar-refractivity contribution in [3.63, 3.8) is 0 Å². The molecule has 2 aromatic rings. The van der Waals surface area contributed by atoms with Crippen LogP contribution in [-0.4, -0.2) is 27.5 Å². The molecule has 0 aliphatic carbocycles. The summed E-state index contributed by atoms with van der Waals surface area (Å²) >= 11 is 5.12. The molecule has 0 aliphatic rings. The molecule has 0 saturated heterocycles. The highest BCUT2D eigenvalue weighted by molar-refractivity contribution is 9.10. The average molecular weight is 344 g/mol. The van der Waals surface area contributed by atoms with Gasteiger partial charge >= 0.3 is 5.69 Å². The van der Waals surface area contributed by atoms with E-state index in [4.69, 9.17) is 4.74 Å². The number of rotatable bonds is 7. The number of aromatic amines is 2. The zero-order valence-corrected chi connectivity index (χ0v) is 12.6. The molecular formula is C12H14BrN3O2S. The lowest BCUT2D eigenvalue weighted by Gasteiger charge is -2.05. The van der Waals surface area contributed by atoms with Crippen molar-refractivity contribution in [2.24, 2.45) is 0 Å². The quantitative estimate of drug-likeness (QED) is 0.758. The van der Waals surface area contributed by atoms with Crippen molar-refractivity contribution in [3.05, 3.63) is 45.0 Å². The van der Waals surface area contributed by atoms with Crippen LogP contribution in [-0.2, 0) is 5.75 Å². The van der Waals surface area contributed by atoms with Crippen LogP contribution in [0.15, 0.2) is 33.5 Å². The first kappa shape index (κ1) is 14.2. The Morgan fingerprint density at radius 2 is 2.32 bits per heavy atom. The fraction of sp³-hybridized carbons (Fsp3) is 0.333. The van der Waals surface area contributed by atoms with Crippen LogP contribution in [0.5, 0.6) is 5.75 Å². The number of nitrogens with zero attached hydrogens (tertiary/aromatic N) is 1. The number of thioether (sulfide) groups is 1. The fourth-order valence-corrected chi connectivity index (χ4v) is 2.62. The van der Waals surface area contributed by atoms with Gasteiger partial charge in [-0.3, -0.25) is 4.98 Å². The van der Waals surface area contributed by atoms with E-state index in [1.807, 2.05) is 24.3 Å². The monoisotopic (exact) mass is 343 g/mol. The topological polar surface area (TPSA) is 70.8 Å². The molecule has 0 spiro atoms. The average Bonchev–Trinajstić information content (AvgIpc) is 2.79. The first-order chi connectivity index (χ1) is 9.24. The highest BCUT2D eigenvalue weighted by Gasteiger charge is 1.99. The first-order valence-electron chi connectivity index (χ1n) is 5.84. The summed E-state index contributed by atoms with van der Waals surface area (Å²) in [4.78, 5) is 13.4. The van der Waals surface area contributed by atoms with Gasteiger partial charge in [-0.15, -0.1) is 0 Å². The molecule has 2 rings (SSSR count). The number of aromatic nitrogens is 3. The van der Waals surface area contributed by atoms with Gasteiger partial charge in [0, 0.05) is 4.47 Å². The van der Waals surface area contributed by atoms with Gasteiger partial charge in [0.25, 0.3) is 0 Å². The number of nitrogens with one attached hydrogen (secondary N) is 2. The summed E-state index contributed by atoms with van der Waals surface area (Å²) in [5.74, 6) is 3.22. The highest BCUT2D eigenvalue weighted by Crippen LogP contribution is 2.18. The van der Waals surface area contributed by atoms with Gasteiger partial charge in [-0.25, -0.2) is 9.89 Å². The molecule has 1 heterocycles. The molecule has 1 aromatic heterocycles. The lowest BCUT2D eigenvalue weighted by Crippen LogP contribution is -2.01. The number of halogens is 1. The number of benzene rings is 1. The zero-order chi connectivity index (χ0) is 13.5. The Morgan fingerprint density at radius 1 is 1.42 bits per heavy atom. The predicted octanol–water partition coefficient (Wildman–Crippen LogP) is 2.56. The molecule has 0 bridgehead atoms. The zero-order valence-electron chi connectivity index (χ0n) is 10.2. The normalized spacial score (nSPS) is 10.6. The molecule has 7 heteroatoms. The third kappa shape index (κ3) is 5.12. The van der Waals surface area contributed by atoms with Crippen molar-refractivity contribution >= 4 is 27.7 Å². The van der Waals surface area contributed by atoms with E-state index < -0.39 is 0 Å². The van der Waals surface area contributed by atoms with Crippen LogP contribution >= 0.6 is 27.7 Å². The minimum atomic E-state index is -0.256. The van der Waals surface area contributed by atoms with Crippen molar-refractivity contribution < 1.29 is 4.74 Å². The molecule has 19 heavy (non-hydrogen) atoms. The third-order valence-corrected chi connectivity index (χ3v) is 3.83. The Labute approximate surface area is 123 Å². The maximum absolute atomic E-state index is 10.8. The second kappa shape index (κ2) is 7.40. The molecule has 1 aromatic carbocycles. The number of hydrogen-bond donors (Lipinski definition) is 2. The van der Waals surface area contributed by atoms with E-state index in [1.54, 1.807) is 11.8 Å². The van der Waals surface area contributed by atoms with E-state index in [-0.39, 0.29) is 5.69 Å². The number of ether oxygens (including phenoxy) is 1. The molecule has 102 valence electrons. The van der Waals surface area contributed by atoms with Crippen LogP contribution in [0.3, 0.4) is 0 Å². The largest absolute Gasteiger partial charge is 0.494 e. The molecule has 0 fully saturated rings. The van der Waals surface area contributed by atoms with Gasteiger partial charge in [-0.05, 0) is 30.4 Å². The second-order valence-electron chi connectivity index (χ2n) is 3.84. The van der Waals surface area contributed by atoms with Crippen molar-refractivity contribution in [2.75, 3.05) is 12.4 Å². The van der Waals surface area contributed by atoms with E-state index in [9.17, 15) is 4.79 Å². The van der Waals surface area contributed by atoms with Gasteiger partial charge in [0.1, 0.15) is 11.6 Å². The van der Waals surface area contributed by atoms with Crippen LogP contribution in [0, 0.1) is 0 Å². The Balaban J connectivity index is 1.58. The Kier molecular flexibility index (Phi) is 5.53. The van der Waals surface area contributed by atoms with E-state index in [0.717, 1.165) is 22.4 Å². The van der Waals surface area contributed by atoms with E-state index in [0.29, 0.717) is 18.2 Å². The van der Waals surface area contributed by atoms with Crippen LogP contribution in [0.25, 0.3) is 0 Å². The van der Waals surface area contributed by atoms with Crippen LogP contribution in [0.1, 0.15) is 12.2 Å². The Bertz CT molecular complexity index is 570. The molecule has 0 radical (unpaired) electrons. The lowest BCUT2D eigenvalue weighted by atomic mass is 10.3. The summed E-state index contributed by atoms with van der Waals surface area (Å²) in [5, 5.41) is 6.18. The first-order valence-corrected chi connectivity index (χ1v) is 7.78. The molecule has 0 amide bonds. The molecule has 5 nitrogen and oxygen atoms in total. The van der Waals surface area contributed by atoms with E-state index in [1.165, 1.54) is 0 Å². The third-order valence-electron chi connectivity index (χ3n) is 2.29. The fourth-order valence-electron chi connectivity index (χ4n) is 1.45. The minimum Gasteiger partial charge on any atom is -0.494 e. The van der Waals surface area contributed by atoms with Crippen molar-refractivity contribution in [2.45, 2.75) is 12.2 Å². The smallest absolute Gasteiger partial charge is 0.340 e. The van der Waals surface area contributed by atoms with Gasteiger partial charge in [0.05, 0.1) is 12.4 Å². The van der Waals surface area contributed by atoms with Gasteiger partial charge in [-0.2, -0.15) is 16.9 Å². The van der Waals surface area contributed by atoms with Gasteiger partial charge in [0.15, 0.2) is 0 Å².